The molecule has 0 amide bonds. The molecule has 1 aromatic rings. The lowest BCUT2D eigenvalue weighted by Gasteiger charge is -2.28. The number of nitrogens with zero attached hydrogens (tertiary/aromatic N) is 2. The third-order valence-electron chi connectivity index (χ3n) is 3.02. The summed E-state index contributed by atoms with van der Waals surface area (Å²) in [6.45, 7) is 3.28. The molecule has 0 spiro atoms. The van der Waals surface area contributed by atoms with Crippen molar-refractivity contribution in [2.75, 3.05) is 25.4 Å². The van der Waals surface area contributed by atoms with Crippen LogP contribution in [0.15, 0.2) is 35.3 Å². The maximum absolute atomic E-state index is 4.65. The van der Waals surface area contributed by atoms with E-state index < -0.39 is 0 Å². The van der Waals surface area contributed by atoms with Gasteiger partial charge in [-0.05, 0) is 5.56 Å². The number of rotatable bonds is 1. The van der Waals surface area contributed by atoms with Crippen LogP contribution in [0.5, 0.6) is 0 Å². The van der Waals surface area contributed by atoms with Gasteiger partial charge < -0.3 is 4.90 Å². The van der Waals surface area contributed by atoms with Gasteiger partial charge in [-0.25, -0.2) is 0 Å². The SMILES string of the molecule is c1ccc([C@@H]2CN=C3SCCN3C2)cc1. The van der Waals surface area contributed by atoms with Gasteiger partial charge >= 0.3 is 0 Å². The van der Waals surface area contributed by atoms with Crippen LogP contribution in [-0.2, 0) is 0 Å². The van der Waals surface area contributed by atoms with Crippen LogP contribution in [0.2, 0.25) is 0 Å². The lowest BCUT2D eigenvalue weighted by Crippen LogP contribution is -2.34. The molecule has 0 radical (unpaired) electrons. The van der Waals surface area contributed by atoms with Crippen molar-refractivity contribution >= 4 is 16.9 Å². The first kappa shape index (κ1) is 9.28. The molecule has 78 valence electrons. The lowest BCUT2D eigenvalue weighted by atomic mass is 9.98. The number of thioether (sulfide) groups is 1. The van der Waals surface area contributed by atoms with Crippen LogP contribution in [0, 0.1) is 0 Å². The number of benzene rings is 1. The van der Waals surface area contributed by atoms with E-state index in [1.807, 2.05) is 11.8 Å². The van der Waals surface area contributed by atoms with Gasteiger partial charge in [-0.15, -0.1) is 0 Å². The first-order chi connectivity index (χ1) is 7.43. The molecule has 0 unspecified atom stereocenters. The van der Waals surface area contributed by atoms with Crippen molar-refractivity contribution in [1.82, 2.24) is 4.90 Å². The van der Waals surface area contributed by atoms with E-state index in [0.717, 1.165) is 13.1 Å². The summed E-state index contributed by atoms with van der Waals surface area (Å²) in [6.07, 6.45) is 0. The largest absolute Gasteiger partial charge is 0.350 e. The minimum Gasteiger partial charge on any atom is -0.350 e. The van der Waals surface area contributed by atoms with Crippen LogP contribution in [0.1, 0.15) is 11.5 Å². The van der Waals surface area contributed by atoms with E-state index in [-0.39, 0.29) is 0 Å². The van der Waals surface area contributed by atoms with Gasteiger partial charge in [-0.2, -0.15) is 0 Å². The smallest absolute Gasteiger partial charge is 0.159 e. The van der Waals surface area contributed by atoms with E-state index in [1.165, 1.54) is 23.0 Å². The number of aliphatic imine (C=N–C) groups is 1. The highest BCUT2D eigenvalue weighted by Gasteiger charge is 2.27. The number of hydrogen-bond acceptors (Lipinski definition) is 3. The fraction of sp³-hybridized carbons (Fsp3) is 0.417. The second-order valence-corrected chi connectivity index (χ2v) is 5.09. The van der Waals surface area contributed by atoms with Crippen LogP contribution in [0.3, 0.4) is 0 Å². The number of fused-ring (bicyclic) bond motifs is 1. The summed E-state index contributed by atoms with van der Waals surface area (Å²) in [7, 11) is 0. The molecule has 15 heavy (non-hydrogen) atoms. The molecular weight excluding hydrogens is 204 g/mol. The minimum atomic E-state index is 0.591. The molecule has 3 heteroatoms. The normalized spacial score (nSPS) is 24.9. The molecule has 1 fully saturated rings. The Kier molecular flexibility index (Phi) is 2.41. The van der Waals surface area contributed by atoms with Crippen LogP contribution in [0.4, 0.5) is 0 Å². The topological polar surface area (TPSA) is 15.6 Å². The average molecular weight is 218 g/mol. The highest BCUT2D eigenvalue weighted by atomic mass is 32.2. The minimum absolute atomic E-state index is 0.591. The van der Waals surface area contributed by atoms with Crippen LogP contribution < -0.4 is 0 Å². The van der Waals surface area contributed by atoms with E-state index in [2.05, 4.69) is 40.2 Å². The van der Waals surface area contributed by atoms with Crippen molar-refractivity contribution < 1.29 is 0 Å². The van der Waals surface area contributed by atoms with Gasteiger partial charge in [-0.1, -0.05) is 42.1 Å². The third kappa shape index (κ3) is 1.76. The monoisotopic (exact) mass is 218 g/mol. The van der Waals surface area contributed by atoms with Crippen molar-refractivity contribution in [2.24, 2.45) is 4.99 Å². The van der Waals surface area contributed by atoms with Gasteiger partial charge in [0.05, 0.1) is 6.54 Å². The summed E-state index contributed by atoms with van der Waals surface area (Å²) >= 11 is 1.90. The predicted molar refractivity (Wildman–Crippen MR) is 65.5 cm³/mol. The highest BCUT2D eigenvalue weighted by Crippen LogP contribution is 2.28. The number of hydrogen-bond donors (Lipinski definition) is 0. The Morgan fingerprint density at radius 2 is 2.13 bits per heavy atom. The van der Waals surface area contributed by atoms with E-state index >= 15 is 0 Å². The Bertz CT molecular complexity index is 374. The van der Waals surface area contributed by atoms with Crippen molar-refractivity contribution in [3.8, 4) is 0 Å². The van der Waals surface area contributed by atoms with E-state index in [4.69, 9.17) is 0 Å². The van der Waals surface area contributed by atoms with E-state index in [0.29, 0.717) is 5.92 Å². The lowest BCUT2D eigenvalue weighted by molar-refractivity contribution is 0.400. The van der Waals surface area contributed by atoms with Crippen LogP contribution in [-0.4, -0.2) is 35.5 Å². The van der Waals surface area contributed by atoms with Crippen molar-refractivity contribution in [2.45, 2.75) is 5.92 Å². The Balaban J connectivity index is 1.81. The summed E-state index contributed by atoms with van der Waals surface area (Å²) in [4.78, 5) is 7.08. The molecule has 0 bridgehead atoms. The summed E-state index contributed by atoms with van der Waals surface area (Å²) in [6, 6.07) is 10.7. The maximum atomic E-state index is 4.65. The van der Waals surface area contributed by atoms with Crippen LogP contribution >= 0.6 is 11.8 Å². The first-order valence-corrected chi connectivity index (χ1v) is 6.39. The third-order valence-corrected chi connectivity index (χ3v) is 4.05. The molecule has 2 aliphatic heterocycles. The molecule has 0 aliphatic carbocycles. The fourth-order valence-corrected chi connectivity index (χ4v) is 3.21. The molecule has 1 atom stereocenters. The average Bonchev–Trinajstić information content (AvgIpc) is 2.77. The summed E-state index contributed by atoms with van der Waals surface area (Å²) in [5.74, 6) is 1.80. The van der Waals surface area contributed by atoms with Gasteiger partial charge in [0, 0.05) is 24.8 Å². The Morgan fingerprint density at radius 1 is 1.27 bits per heavy atom. The van der Waals surface area contributed by atoms with Crippen molar-refractivity contribution in [3.05, 3.63) is 35.9 Å². The van der Waals surface area contributed by atoms with Gasteiger partial charge in [0.15, 0.2) is 5.17 Å². The zero-order chi connectivity index (χ0) is 10.1. The van der Waals surface area contributed by atoms with Gasteiger partial charge in [0.2, 0.25) is 0 Å². The van der Waals surface area contributed by atoms with Gasteiger partial charge in [0.1, 0.15) is 0 Å². The molecule has 0 N–H and O–H groups in total. The quantitative estimate of drug-likeness (QED) is 0.718. The standard InChI is InChI=1S/C12H14N2S/c1-2-4-10(5-3-1)11-8-13-12-14(9-11)6-7-15-12/h1-5,11H,6-9H2/t11-/m1/s1. The fourth-order valence-electron chi connectivity index (χ4n) is 2.20. The Morgan fingerprint density at radius 3 is 3.00 bits per heavy atom. The molecular formula is C12H14N2S. The zero-order valence-electron chi connectivity index (χ0n) is 8.60. The molecule has 2 nitrogen and oxygen atoms in total. The van der Waals surface area contributed by atoms with Gasteiger partial charge in [-0.3, -0.25) is 4.99 Å². The molecule has 2 heterocycles. The summed E-state index contributed by atoms with van der Waals surface area (Å²) in [5.41, 5.74) is 1.43. The highest BCUT2D eigenvalue weighted by molar-refractivity contribution is 8.14. The zero-order valence-corrected chi connectivity index (χ0v) is 9.41. The second kappa shape index (κ2) is 3.89. The summed E-state index contributed by atoms with van der Waals surface area (Å²) in [5, 5.41) is 1.27. The van der Waals surface area contributed by atoms with E-state index in [1.54, 1.807) is 0 Å². The van der Waals surface area contributed by atoms with Crippen molar-refractivity contribution in [3.63, 3.8) is 0 Å². The molecule has 3 rings (SSSR count). The molecule has 1 aromatic carbocycles. The van der Waals surface area contributed by atoms with Gasteiger partial charge in [0.25, 0.3) is 0 Å². The number of amidine groups is 1. The molecule has 0 aromatic heterocycles. The Labute approximate surface area is 94.4 Å². The maximum Gasteiger partial charge on any atom is 0.159 e. The second-order valence-electron chi connectivity index (χ2n) is 4.03. The van der Waals surface area contributed by atoms with Crippen molar-refractivity contribution in [1.29, 1.82) is 0 Å². The molecule has 1 saturated heterocycles. The predicted octanol–water partition coefficient (Wildman–Crippen LogP) is 2.19. The Hall–Kier alpha value is -0.960. The molecule has 2 aliphatic rings. The first-order valence-electron chi connectivity index (χ1n) is 5.40. The summed E-state index contributed by atoms with van der Waals surface area (Å²) < 4.78 is 0. The van der Waals surface area contributed by atoms with E-state index in [9.17, 15) is 0 Å². The molecule has 0 saturated carbocycles. The van der Waals surface area contributed by atoms with Crippen LogP contribution in [0.25, 0.3) is 0 Å².